The highest BCUT2D eigenvalue weighted by atomic mass is 16.4. The number of furan rings is 1. The van der Waals surface area contributed by atoms with Crippen LogP contribution in [-0.2, 0) is 16.1 Å². The highest BCUT2D eigenvalue weighted by Gasteiger charge is 2.22. The van der Waals surface area contributed by atoms with Gasteiger partial charge < -0.3 is 14.8 Å². The minimum Gasteiger partial charge on any atom is -0.481 e. The standard InChI is InChI=1S/C18H19N3O5/c1-18(2,8-7-14(23)24)20-13(22)9-21-10-19-15-11-5-3-4-6-12(11)26-16(15)17(21)25/h3-6,10H,7-9H2,1-2H3,(H,20,22)(H,23,24). The van der Waals surface area contributed by atoms with Gasteiger partial charge >= 0.3 is 5.97 Å². The minimum absolute atomic E-state index is 0.0558. The highest BCUT2D eigenvalue weighted by Crippen LogP contribution is 2.24. The fourth-order valence-electron chi connectivity index (χ4n) is 2.78. The Labute approximate surface area is 148 Å². The van der Waals surface area contributed by atoms with Crippen molar-refractivity contribution in [1.29, 1.82) is 0 Å². The van der Waals surface area contributed by atoms with Crippen LogP contribution in [0.1, 0.15) is 26.7 Å². The van der Waals surface area contributed by atoms with Gasteiger partial charge in [0.1, 0.15) is 17.6 Å². The number of rotatable bonds is 6. The maximum absolute atomic E-state index is 12.6. The second kappa shape index (κ2) is 6.62. The van der Waals surface area contributed by atoms with E-state index in [1.54, 1.807) is 26.0 Å². The van der Waals surface area contributed by atoms with E-state index in [1.165, 1.54) is 10.9 Å². The van der Waals surface area contributed by atoms with E-state index >= 15 is 0 Å². The van der Waals surface area contributed by atoms with Gasteiger partial charge in [-0.25, -0.2) is 4.98 Å². The van der Waals surface area contributed by atoms with Crippen LogP contribution in [0.4, 0.5) is 0 Å². The topological polar surface area (TPSA) is 114 Å². The van der Waals surface area contributed by atoms with Gasteiger partial charge in [0.25, 0.3) is 5.56 Å². The second-order valence-electron chi connectivity index (χ2n) is 6.78. The average Bonchev–Trinajstić information content (AvgIpc) is 2.95. The van der Waals surface area contributed by atoms with Crippen molar-refractivity contribution in [2.24, 2.45) is 0 Å². The Hall–Kier alpha value is -3.16. The lowest BCUT2D eigenvalue weighted by Crippen LogP contribution is -2.46. The molecule has 0 aliphatic carbocycles. The number of hydrogen-bond acceptors (Lipinski definition) is 5. The number of hydrogen-bond donors (Lipinski definition) is 2. The maximum Gasteiger partial charge on any atom is 0.303 e. The Morgan fingerprint density at radius 1 is 1.31 bits per heavy atom. The molecule has 0 radical (unpaired) electrons. The molecular formula is C18H19N3O5. The average molecular weight is 357 g/mol. The molecule has 1 aromatic carbocycles. The minimum atomic E-state index is -0.928. The molecule has 0 aliphatic heterocycles. The lowest BCUT2D eigenvalue weighted by molar-refractivity contribution is -0.137. The fraction of sp³-hybridized carbons (Fsp3) is 0.333. The van der Waals surface area contributed by atoms with Gasteiger partial charge in [0.2, 0.25) is 11.5 Å². The van der Waals surface area contributed by atoms with Crippen LogP contribution in [0.15, 0.2) is 39.8 Å². The predicted molar refractivity (Wildman–Crippen MR) is 94.9 cm³/mol. The van der Waals surface area contributed by atoms with Gasteiger partial charge in [0.15, 0.2) is 0 Å². The van der Waals surface area contributed by atoms with Crippen LogP contribution in [-0.4, -0.2) is 32.1 Å². The molecular weight excluding hydrogens is 338 g/mol. The molecule has 2 aromatic heterocycles. The van der Waals surface area contributed by atoms with E-state index in [4.69, 9.17) is 9.52 Å². The molecule has 136 valence electrons. The Kier molecular flexibility index (Phi) is 4.50. The number of aliphatic carboxylic acids is 1. The Bertz CT molecular complexity index is 1050. The number of carbonyl (C=O) groups is 2. The molecule has 0 fully saturated rings. The van der Waals surface area contributed by atoms with Crippen molar-refractivity contribution in [1.82, 2.24) is 14.9 Å². The third-order valence-electron chi connectivity index (χ3n) is 4.11. The molecule has 2 heterocycles. The summed E-state index contributed by atoms with van der Waals surface area (Å²) < 4.78 is 6.75. The van der Waals surface area contributed by atoms with Crippen molar-refractivity contribution in [3.8, 4) is 0 Å². The maximum atomic E-state index is 12.6. The predicted octanol–water partition coefficient (Wildman–Crippen LogP) is 1.90. The fourth-order valence-corrected chi connectivity index (χ4v) is 2.78. The number of nitrogens with zero attached hydrogens (tertiary/aromatic N) is 2. The SMILES string of the molecule is CC(C)(CCC(=O)O)NC(=O)Cn1cnc2c(oc3ccccc32)c1=O. The number of para-hydroxylation sites is 1. The van der Waals surface area contributed by atoms with E-state index in [0.717, 1.165) is 5.39 Å². The molecule has 0 bridgehead atoms. The van der Waals surface area contributed by atoms with Crippen LogP contribution in [0.5, 0.6) is 0 Å². The second-order valence-corrected chi connectivity index (χ2v) is 6.78. The number of carboxylic acid groups (broad SMARTS) is 1. The molecule has 8 heteroatoms. The zero-order valence-corrected chi connectivity index (χ0v) is 14.5. The Balaban J connectivity index is 1.81. The van der Waals surface area contributed by atoms with Crippen molar-refractivity contribution in [2.45, 2.75) is 38.8 Å². The quantitative estimate of drug-likeness (QED) is 0.696. The van der Waals surface area contributed by atoms with Gasteiger partial charge in [0, 0.05) is 17.3 Å². The van der Waals surface area contributed by atoms with Crippen molar-refractivity contribution < 1.29 is 19.1 Å². The van der Waals surface area contributed by atoms with Crippen LogP contribution in [0.2, 0.25) is 0 Å². The van der Waals surface area contributed by atoms with Crippen molar-refractivity contribution >= 4 is 33.9 Å². The van der Waals surface area contributed by atoms with E-state index in [1.807, 2.05) is 12.1 Å². The number of carbonyl (C=O) groups excluding carboxylic acids is 1. The normalized spacial score (nSPS) is 11.8. The number of amides is 1. The summed E-state index contributed by atoms with van der Waals surface area (Å²) in [5.74, 6) is -1.33. The van der Waals surface area contributed by atoms with Crippen LogP contribution >= 0.6 is 0 Å². The largest absolute Gasteiger partial charge is 0.481 e. The molecule has 1 amide bonds. The summed E-state index contributed by atoms with van der Waals surface area (Å²) in [4.78, 5) is 39.8. The first-order chi connectivity index (χ1) is 12.3. The van der Waals surface area contributed by atoms with E-state index in [-0.39, 0.29) is 25.0 Å². The number of aromatic nitrogens is 2. The van der Waals surface area contributed by atoms with E-state index < -0.39 is 23.0 Å². The van der Waals surface area contributed by atoms with Gasteiger partial charge in [-0.15, -0.1) is 0 Å². The first-order valence-electron chi connectivity index (χ1n) is 8.16. The number of fused-ring (bicyclic) bond motifs is 3. The van der Waals surface area contributed by atoms with Gasteiger partial charge in [-0.05, 0) is 32.4 Å². The molecule has 0 saturated carbocycles. The van der Waals surface area contributed by atoms with Gasteiger partial charge in [0.05, 0.1) is 6.33 Å². The summed E-state index contributed by atoms with van der Waals surface area (Å²) in [6.45, 7) is 3.24. The number of nitrogens with one attached hydrogen (secondary N) is 1. The van der Waals surface area contributed by atoms with Gasteiger partial charge in [-0.1, -0.05) is 12.1 Å². The van der Waals surface area contributed by atoms with Crippen LogP contribution in [0, 0.1) is 0 Å². The smallest absolute Gasteiger partial charge is 0.303 e. The molecule has 0 saturated heterocycles. The molecule has 0 atom stereocenters. The van der Waals surface area contributed by atoms with E-state index in [9.17, 15) is 14.4 Å². The lowest BCUT2D eigenvalue weighted by atomic mass is 9.98. The number of carboxylic acids is 1. The monoisotopic (exact) mass is 357 g/mol. The molecule has 2 N–H and O–H groups in total. The van der Waals surface area contributed by atoms with Crippen LogP contribution in [0.25, 0.3) is 22.1 Å². The van der Waals surface area contributed by atoms with Crippen molar-refractivity contribution in [3.05, 3.63) is 40.9 Å². The van der Waals surface area contributed by atoms with Crippen molar-refractivity contribution in [2.75, 3.05) is 0 Å². The molecule has 0 spiro atoms. The summed E-state index contributed by atoms with van der Waals surface area (Å²) in [5.41, 5.74) is -0.0137. The molecule has 0 unspecified atom stereocenters. The summed E-state index contributed by atoms with van der Waals surface area (Å²) in [6.07, 6.45) is 1.54. The molecule has 8 nitrogen and oxygen atoms in total. The number of benzene rings is 1. The van der Waals surface area contributed by atoms with Crippen molar-refractivity contribution in [3.63, 3.8) is 0 Å². The zero-order valence-electron chi connectivity index (χ0n) is 14.5. The first-order valence-corrected chi connectivity index (χ1v) is 8.16. The zero-order chi connectivity index (χ0) is 18.9. The Morgan fingerprint density at radius 3 is 2.77 bits per heavy atom. The summed E-state index contributed by atoms with van der Waals surface area (Å²) in [7, 11) is 0. The van der Waals surface area contributed by atoms with E-state index in [2.05, 4.69) is 10.3 Å². The third-order valence-corrected chi connectivity index (χ3v) is 4.11. The summed E-state index contributed by atoms with van der Waals surface area (Å²) >= 11 is 0. The summed E-state index contributed by atoms with van der Waals surface area (Å²) in [5, 5.41) is 12.2. The molecule has 3 rings (SSSR count). The van der Waals surface area contributed by atoms with Crippen LogP contribution < -0.4 is 10.9 Å². The summed E-state index contributed by atoms with van der Waals surface area (Å²) in [6, 6.07) is 7.20. The first kappa shape index (κ1) is 17.7. The van der Waals surface area contributed by atoms with Crippen LogP contribution in [0.3, 0.4) is 0 Å². The van der Waals surface area contributed by atoms with Gasteiger partial charge in [-0.3, -0.25) is 19.0 Å². The molecule has 0 aliphatic rings. The van der Waals surface area contributed by atoms with E-state index in [0.29, 0.717) is 11.1 Å². The molecule has 26 heavy (non-hydrogen) atoms. The highest BCUT2D eigenvalue weighted by molar-refractivity contribution is 6.01. The third kappa shape index (κ3) is 3.58. The van der Waals surface area contributed by atoms with Gasteiger partial charge in [-0.2, -0.15) is 0 Å². The molecule has 3 aromatic rings. The lowest BCUT2D eigenvalue weighted by Gasteiger charge is -2.25. The Morgan fingerprint density at radius 2 is 2.04 bits per heavy atom.